The van der Waals surface area contributed by atoms with Crippen LogP contribution in [0.25, 0.3) is 0 Å². The second-order valence-corrected chi connectivity index (χ2v) is 7.27. The van der Waals surface area contributed by atoms with Crippen LogP contribution in [0.1, 0.15) is 6.92 Å². The largest absolute Gasteiger partial charge is 0.756 e. The maximum atomic E-state index is 11.8. The Labute approximate surface area is 141 Å². The summed E-state index contributed by atoms with van der Waals surface area (Å²) in [6.45, 7) is 2.25. The molecule has 2 atom stereocenters. The number of phosphoric acid groups is 1. The molecule has 1 aromatic heterocycles. The molecule has 0 bridgehead atoms. The van der Waals surface area contributed by atoms with E-state index in [1.807, 2.05) is 21.1 Å². The van der Waals surface area contributed by atoms with E-state index < -0.39 is 13.9 Å². The molecule has 1 unspecified atom stereocenters. The SMILES string of the molecule is CCOOC[C@H](COP(=O)([O-])OCC[N+](C)(C)C)Oc1ccon1. The zero-order chi connectivity index (χ0) is 18.1. The highest BCUT2D eigenvalue weighted by molar-refractivity contribution is 7.45. The Bertz CT molecular complexity index is 491. The molecule has 1 aromatic rings. The van der Waals surface area contributed by atoms with Crippen LogP contribution in [0, 0.1) is 0 Å². The van der Waals surface area contributed by atoms with E-state index in [-0.39, 0.29) is 25.7 Å². The third-order valence-corrected chi connectivity index (χ3v) is 3.55. The van der Waals surface area contributed by atoms with Crippen molar-refractivity contribution < 1.29 is 42.0 Å². The number of likely N-dealkylation sites (N-methyl/N-ethyl adjacent to an activating group) is 1. The van der Waals surface area contributed by atoms with Crippen LogP contribution in [0.5, 0.6) is 5.88 Å². The van der Waals surface area contributed by atoms with Gasteiger partial charge in [0.25, 0.3) is 13.7 Å². The average Bonchev–Trinajstić information content (AvgIpc) is 2.96. The topological polar surface area (TPSA) is 112 Å². The molecule has 0 aliphatic carbocycles. The summed E-state index contributed by atoms with van der Waals surface area (Å²) < 4.78 is 32.0. The second-order valence-electron chi connectivity index (χ2n) is 5.86. The van der Waals surface area contributed by atoms with Crippen LogP contribution >= 0.6 is 7.82 Å². The number of hydrogen-bond acceptors (Lipinski definition) is 9. The van der Waals surface area contributed by atoms with Gasteiger partial charge in [-0.3, -0.25) is 4.57 Å². The molecule has 0 spiro atoms. The summed E-state index contributed by atoms with van der Waals surface area (Å²) in [5.74, 6) is 0.176. The summed E-state index contributed by atoms with van der Waals surface area (Å²) in [6, 6.07) is 1.47. The predicted molar refractivity (Wildman–Crippen MR) is 80.9 cm³/mol. The molecule has 0 aliphatic heterocycles. The van der Waals surface area contributed by atoms with Gasteiger partial charge in [0.2, 0.25) is 0 Å². The molecule has 10 nitrogen and oxygen atoms in total. The van der Waals surface area contributed by atoms with Crippen molar-refractivity contribution >= 4 is 7.82 Å². The smallest absolute Gasteiger partial charge is 0.268 e. The Hall–Kier alpha value is -1.00. The molecule has 0 aromatic carbocycles. The minimum Gasteiger partial charge on any atom is -0.756 e. The number of rotatable bonds is 13. The number of quaternary nitrogens is 1. The van der Waals surface area contributed by atoms with Crippen molar-refractivity contribution in [2.45, 2.75) is 13.0 Å². The van der Waals surface area contributed by atoms with Crippen molar-refractivity contribution in [2.75, 3.05) is 54.1 Å². The number of nitrogens with zero attached hydrogens (tertiary/aromatic N) is 2. The van der Waals surface area contributed by atoms with Crippen molar-refractivity contribution in [3.05, 3.63) is 12.3 Å². The molecule has 0 amide bonds. The molecule has 0 radical (unpaired) electrons. The normalized spacial score (nSPS) is 15.9. The van der Waals surface area contributed by atoms with Crippen LogP contribution in [-0.2, 0) is 23.4 Å². The molecular weight excluding hydrogens is 343 g/mol. The number of aromatic nitrogens is 1. The molecule has 0 fully saturated rings. The highest BCUT2D eigenvalue weighted by atomic mass is 31.2. The molecular formula is C13H25N2O8P. The first-order valence-electron chi connectivity index (χ1n) is 7.44. The van der Waals surface area contributed by atoms with Gasteiger partial charge in [-0.1, -0.05) is 0 Å². The van der Waals surface area contributed by atoms with Crippen molar-refractivity contribution in [3.8, 4) is 5.88 Å². The fourth-order valence-corrected chi connectivity index (χ4v) is 2.12. The second kappa shape index (κ2) is 10.1. The summed E-state index contributed by atoms with van der Waals surface area (Å²) in [5.41, 5.74) is 0. The van der Waals surface area contributed by atoms with Gasteiger partial charge in [-0.2, -0.15) is 0 Å². The summed E-state index contributed by atoms with van der Waals surface area (Å²) in [7, 11) is 1.33. The van der Waals surface area contributed by atoms with E-state index >= 15 is 0 Å². The highest BCUT2D eigenvalue weighted by Gasteiger charge is 2.19. The summed E-state index contributed by atoms with van der Waals surface area (Å²) in [4.78, 5) is 21.4. The Morgan fingerprint density at radius 3 is 2.62 bits per heavy atom. The van der Waals surface area contributed by atoms with Crippen LogP contribution in [0.3, 0.4) is 0 Å². The van der Waals surface area contributed by atoms with Gasteiger partial charge < -0.3 is 27.7 Å². The number of phosphoric ester groups is 1. The Balaban J connectivity index is 2.44. The van der Waals surface area contributed by atoms with Gasteiger partial charge in [0, 0.05) is 6.07 Å². The molecule has 24 heavy (non-hydrogen) atoms. The zero-order valence-electron chi connectivity index (χ0n) is 14.4. The molecule has 1 rings (SSSR count). The lowest BCUT2D eigenvalue weighted by Crippen LogP contribution is -2.37. The first-order valence-corrected chi connectivity index (χ1v) is 8.90. The minimum atomic E-state index is -4.44. The van der Waals surface area contributed by atoms with Crippen LogP contribution in [0.2, 0.25) is 0 Å². The number of ether oxygens (including phenoxy) is 1. The zero-order valence-corrected chi connectivity index (χ0v) is 15.3. The molecule has 0 saturated carbocycles. The van der Waals surface area contributed by atoms with Gasteiger partial charge in [-0.05, 0) is 12.1 Å². The lowest BCUT2D eigenvalue weighted by Gasteiger charge is -2.28. The summed E-state index contributed by atoms with van der Waals surface area (Å²) in [5, 5.41) is 3.58. The summed E-state index contributed by atoms with van der Waals surface area (Å²) >= 11 is 0. The van der Waals surface area contributed by atoms with E-state index in [2.05, 4.69) is 9.68 Å². The van der Waals surface area contributed by atoms with Gasteiger partial charge in [-0.25, -0.2) is 9.78 Å². The van der Waals surface area contributed by atoms with Crippen LogP contribution < -0.4 is 9.63 Å². The van der Waals surface area contributed by atoms with Gasteiger partial charge in [0.15, 0.2) is 6.10 Å². The van der Waals surface area contributed by atoms with E-state index in [0.29, 0.717) is 17.6 Å². The van der Waals surface area contributed by atoms with Gasteiger partial charge in [0.05, 0.1) is 34.4 Å². The maximum Gasteiger partial charge on any atom is 0.268 e. The lowest BCUT2D eigenvalue weighted by atomic mass is 10.4. The molecule has 140 valence electrons. The van der Waals surface area contributed by atoms with E-state index in [9.17, 15) is 9.46 Å². The van der Waals surface area contributed by atoms with E-state index in [1.54, 1.807) is 6.92 Å². The Morgan fingerprint density at radius 2 is 2.04 bits per heavy atom. The fourth-order valence-electron chi connectivity index (χ4n) is 1.39. The Morgan fingerprint density at radius 1 is 1.29 bits per heavy atom. The van der Waals surface area contributed by atoms with Gasteiger partial charge >= 0.3 is 0 Å². The third kappa shape index (κ3) is 9.99. The molecule has 0 aliphatic rings. The Kier molecular flexibility index (Phi) is 8.85. The van der Waals surface area contributed by atoms with E-state index in [1.165, 1.54) is 12.3 Å². The van der Waals surface area contributed by atoms with E-state index in [0.717, 1.165) is 0 Å². The lowest BCUT2D eigenvalue weighted by molar-refractivity contribution is -0.870. The first-order chi connectivity index (χ1) is 11.2. The molecule has 0 N–H and O–H groups in total. The molecule has 11 heteroatoms. The van der Waals surface area contributed by atoms with Gasteiger partial charge in [0.1, 0.15) is 26.0 Å². The number of hydrogen-bond donors (Lipinski definition) is 0. The highest BCUT2D eigenvalue weighted by Crippen LogP contribution is 2.38. The fraction of sp³-hybridized carbons (Fsp3) is 0.769. The van der Waals surface area contributed by atoms with Crippen LogP contribution in [0.4, 0.5) is 0 Å². The monoisotopic (exact) mass is 368 g/mol. The van der Waals surface area contributed by atoms with Crippen molar-refractivity contribution in [2.24, 2.45) is 0 Å². The molecule has 0 saturated heterocycles. The van der Waals surface area contributed by atoms with Crippen LogP contribution in [0.15, 0.2) is 16.9 Å². The van der Waals surface area contributed by atoms with Crippen molar-refractivity contribution in [3.63, 3.8) is 0 Å². The molecule has 1 heterocycles. The standard InChI is InChI=1S/C13H25N2O8P/c1-5-19-20-10-12(23-13-6-8-18-14-13)11-22-24(16,17)21-9-7-15(2,3)4/h6,8,12H,5,7,9-11H2,1-4H3/t12-/m1/s1. The average molecular weight is 368 g/mol. The first kappa shape index (κ1) is 21.0. The van der Waals surface area contributed by atoms with Crippen LogP contribution in [-0.4, -0.2) is 69.9 Å². The van der Waals surface area contributed by atoms with Crippen molar-refractivity contribution in [1.82, 2.24) is 5.16 Å². The third-order valence-electron chi connectivity index (χ3n) is 2.59. The minimum absolute atomic E-state index is 0.0224. The summed E-state index contributed by atoms with van der Waals surface area (Å²) in [6.07, 6.45) is 0.550. The van der Waals surface area contributed by atoms with Crippen molar-refractivity contribution in [1.29, 1.82) is 0 Å². The van der Waals surface area contributed by atoms with Gasteiger partial charge in [-0.15, -0.1) is 0 Å². The predicted octanol–water partition coefficient (Wildman–Crippen LogP) is 0.598. The quantitative estimate of drug-likeness (QED) is 0.162. The maximum absolute atomic E-state index is 11.8. The van der Waals surface area contributed by atoms with E-state index in [4.69, 9.17) is 23.6 Å².